The number of sulfonamides is 1. The fraction of sp³-hybridized carbons (Fsp3) is 0.429. The summed E-state index contributed by atoms with van der Waals surface area (Å²) in [5.74, 6) is 1.35. The lowest BCUT2D eigenvalue weighted by Gasteiger charge is -2.25. The molecule has 178 valence electrons. The smallest absolute Gasteiger partial charge is 0.238 e. The second-order valence-electron chi connectivity index (χ2n) is 7.71. The van der Waals surface area contributed by atoms with E-state index in [-0.39, 0.29) is 34.8 Å². The number of amides is 1. The minimum absolute atomic E-state index is 0. The number of hydrogen-bond donors (Lipinski definition) is 4. The quantitative estimate of drug-likeness (QED) is 0.194. The van der Waals surface area contributed by atoms with Crippen LogP contribution >= 0.6 is 24.0 Å². The Hall–Kier alpha value is -2.12. The molecule has 0 aliphatic carbocycles. The van der Waals surface area contributed by atoms with Crippen LogP contribution in [0.1, 0.15) is 32.1 Å². The Kier molecular flexibility index (Phi) is 11.2. The van der Waals surface area contributed by atoms with Crippen molar-refractivity contribution in [1.82, 2.24) is 16.0 Å². The molecule has 0 atom stereocenters. The van der Waals surface area contributed by atoms with Crippen LogP contribution in [0.25, 0.3) is 0 Å². The number of rotatable bonds is 10. The van der Waals surface area contributed by atoms with Gasteiger partial charge in [-0.05, 0) is 50.6 Å². The summed E-state index contributed by atoms with van der Waals surface area (Å²) in [6, 6.07) is 9.98. The Balaban J connectivity index is 0.00000512. The summed E-state index contributed by atoms with van der Waals surface area (Å²) in [4.78, 5) is 16.9. The van der Waals surface area contributed by atoms with E-state index in [0.29, 0.717) is 38.6 Å². The third kappa shape index (κ3) is 9.17. The van der Waals surface area contributed by atoms with E-state index in [0.717, 1.165) is 11.3 Å². The molecule has 0 aliphatic rings. The van der Waals surface area contributed by atoms with Gasteiger partial charge >= 0.3 is 0 Å². The maximum Gasteiger partial charge on any atom is 0.238 e. The van der Waals surface area contributed by atoms with Crippen LogP contribution in [0, 0.1) is 5.41 Å². The number of nitrogens with two attached hydrogens (primary N) is 1. The molecule has 0 bridgehead atoms. The zero-order chi connectivity index (χ0) is 22.9. The van der Waals surface area contributed by atoms with Gasteiger partial charge in [-0.25, -0.2) is 18.5 Å². The molecule has 9 nitrogen and oxygen atoms in total. The van der Waals surface area contributed by atoms with Crippen molar-refractivity contribution >= 4 is 45.9 Å². The Morgan fingerprint density at radius 3 is 2.38 bits per heavy atom. The fourth-order valence-electron chi connectivity index (χ4n) is 2.67. The summed E-state index contributed by atoms with van der Waals surface area (Å²) in [7, 11) is -3.73. The van der Waals surface area contributed by atoms with Gasteiger partial charge in [-0.1, -0.05) is 12.1 Å². The standard InChI is InChI=1S/C21H31N5O4S.HI/c1-4-23-19(27)21(2,3)15-26-20(24-12-11-17-6-5-13-30-17)25-14-16-7-9-18(10-8-16)31(22,28)29;/h5-10,13H,4,11-12,14-15H2,1-3H3,(H,23,27)(H2,22,28,29)(H2,24,25,26);1H. The van der Waals surface area contributed by atoms with Gasteiger partial charge in [-0.15, -0.1) is 24.0 Å². The first-order valence-corrected chi connectivity index (χ1v) is 11.6. The minimum Gasteiger partial charge on any atom is -0.469 e. The molecule has 0 fully saturated rings. The van der Waals surface area contributed by atoms with E-state index in [1.165, 1.54) is 12.1 Å². The average molecular weight is 577 g/mol. The zero-order valence-electron chi connectivity index (χ0n) is 18.6. The van der Waals surface area contributed by atoms with Gasteiger partial charge in [0.15, 0.2) is 5.96 Å². The molecule has 2 rings (SSSR count). The van der Waals surface area contributed by atoms with Crippen LogP contribution in [-0.2, 0) is 27.8 Å². The second-order valence-corrected chi connectivity index (χ2v) is 9.27. The van der Waals surface area contributed by atoms with Crippen molar-refractivity contribution in [2.75, 3.05) is 19.6 Å². The number of aliphatic imine (C=N–C) groups is 1. The average Bonchev–Trinajstić information content (AvgIpc) is 3.23. The van der Waals surface area contributed by atoms with E-state index in [2.05, 4.69) is 20.9 Å². The number of nitrogens with one attached hydrogen (secondary N) is 3. The van der Waals surface area contributed by atoms with Gasteiger partial charge < -0.3 is 20.4 Å². The van der Waals surface area contributed by atoms with Crippen LogP contribution < -0.4 is 21.1 Å². The molecule has 1 heterocycles. The van der Waals surface area contributed by atoms with Gasteiger partial charge in [0, 0.05) is 26.1 Å². The number of hydrogen-bond acceptors (Lipinski definition) is 5. The van der Waals surface area contributed by atoms with Crippen molar-refractivity contribution in [1.29, 1.82) is 0 Å². The van der Waals surface area contributed by atoms with E-state index in [1.54, 1.807) is 18.4 Å². The number of nitrogens with zero attached hydrogens (tertiary/aromatic N) is 1. The van der Waals surface area contributed by atoms with Crippen molar-refractivity contribution in [3.05, 3.63) is 54.0 Å². The second kappa shape index (κ2) is 12.8. The van der Waals surface area contributed by atoms with E-state index in [1.807, 2.05) is 32.9 Å². The molecule has 1 amide bonds. The highest BCUT2D eigenvalue weighted by atomic mass is 127. The number of carbonyl (C=O) groups excluding carboxylic acids is 1. The monoisotopic (exact) mass is 577 g/mol. The van der Waals surface area contributed by atoms with Gasteiger partial charge in [0.1, 0.15) is 5.76 Å². The molecular weight excluding hydrogens is 545 g/mol. The number of benzene rings is 1. The third-order valence-corrected chi connectivity index (χ3v) is 5.49. The van der Waals surface area contributed by atoms with Crippen LogP contribution in [0.3, 0.4) is 0 Å². The lowest BCUT2D eigenvalue weighted by Crippen LogP contribution is -2.48. The van der Waals surface area contributed by atoms with Crippen molar-refractivity contribution in [2.45, 2.75) is 38.6 Å². The largest absolute Gasteiger partial charge is 0.469 e. The van der Waals surface area contributed by atoms with Crippen molar-refractivity contribution in [2.24, 2.45) is 15.5 Å². The molecule has 32 heavy (non-hydrogen) atoms. The zero-order valence-corrected chi connectivity index (χ0v) is 21.7. The van der Waals surface area contributed by atoms with Crippen LogP contribution in [-0.4, -0.2) is 39.9 Å². The van der Waals surface area contributed by atoms with Crippen LogP contribution in [0.4, 0.5) is 0 Å². The molecule has 0 saturated heterocycles. The van der Waals surface area contributed by atoms with Gasteiger partial charge in [0.2, 0.25) is 15.9 Å². The molecule has 1 aromatic carbocycles. The van der Waals surface area contributed by atoms with Crippen LogP contribution in [0.2, 0.25) is 0 Å². The van der Waals surface area contributed by atoms with Crippen LogP contribution in [0.15, 0.2) is 57.0 Å². The lowest BCUT2D eigenvalue weighted by atomic mass is 9.92. The SMILES string of the molecule is CCNC(=O)C(C)(C)CNC(=NCc1ccc(S(N)(=O)=O)cc1)NCCc1ccco1.I. The summed E-state index contributed by atoms with van der Waals surface area (Å²) in [6.07, 6.45) is 2.30. The summed E-state index contributed by atoms with van der Waals surface area (Å²) in [6.45, 7) is 7.46. The first kappa shape index (κ1) is 27.9. The summed E-state index contributed by atoms with van der Waals surface area (Å²) in [5, 5.41) is 14.4. The van der Waals surface area contributed by atoms with E-state index in [4.69, 9.17) is 9.56 Å². The highest BCUT2D eigenvalue weighted by Gasteiger charge is 2.27. The van der Waals surface area contributed by atoms with E-state index in [9.17, 15) is 13.2 Å². The highest BCUT2D eigenvalue weighted by Crippen LogP contribution is 2.13. The Bertz CT molecular complexity index is 974. The van der Waals surface area contributed by atoms with Gasteiger partial charge in [-0.3, -0.25) is 4.79 Å². The summed E-state index contributed by atoms with van der Waals surface area (Å²) >= 11 is 0. The van der Waals surface area contributed by atoms with Gasteiger partial charge in [-0.2, -0.15) is 0 Å². The molecule has 0 saturated carbocycles. The number of furan rings is 1. The third-order valence-electron chi connectivity index (χ3n) is 4.57. The molecular formula is C21H32IN5O4S. The van der Waals surface area contributed by atoms with Gasteiger partial charge in [0.25, 0.3) is 0 Å². The molecule has 2 aromatic rings. The molecule has 1 aromatic heterocycles. The molecule has 0 aliphatic heterocycles. The number of halogens is 1. The summed E-state index contributed by atoms with van der Waals surface area (Å²) < 4.78 is 28.1. The number of guanidine groups is 1. The molecule has 0 unspecified atom stereocenters. The van der Waals surface area contributed by atoms with Crippen molar-refractivity contribution in [3.63, 3.8) is 0 Å². The maximum atomic E-state index is 12.3. The van der Waals surface area contributed by atoms with Crippen molar-refractivity contribution < 1.29 is 17.6 Å². The lowest BCUT2D eigenvalue weighted by molar-refractivity contribution is -0.128. The normalized spacial score (nSPS) is 12.1. The Morgan fingerprint density at radius 2 is 1.81 bits per heavy atom. The number of primary sulfonamides is 1. The molecule has 0 spiro atoms. The van der Waals surface area contributed by atoms with E-state index < -0.39 is 15.4 Å². The summed E-state index contributed by atoms with van der Waals surface area (Å²) in [5.41, 5.74) is 0.193. The number of carbonyl (C=O) groups is 1. The molecule has 11 heteroatoms. The highest BCUT2D eigenvalue weighted by molar-refractivity contribution is 14.0. The Morgan fingerprint density at radius 1 is 1.12 bits per heavy atom. The fourth-order valence-corrected chi connectivity index (χ4v) is 3.19. The van der Waals surface area contributed by atoms with E-state index >= 15 is 0 Å². The first-order chi connectivity index (χ1) is 14.6. The predicted octanol–water partition coefficient (Wildman–Crippen LogP) is 1.99. The van der Waals surface area contributed by atoms with Gasteiger partial charge in [0.05, 0.1) is 23.1 Å². The molecule has 0 radical (unpaired) electrons. The topological polar surface area (TPSA) is 139 Å². The van der Waals surface area contributed by atoms with Crippen molar-refractivity contribution in [3.8, 4) is 0 Å². The Labute approximate surface area is 206 Å². The maximum absolute atomic E-state index is 12.3. The predicted molar refractivity (Wildman–Crippen MR) is 135 cm³/mol. The van der Waals surface area contributed by atoms with Crippen LogP contribution in [0.5, 0.6) is 0 Å². The minimum atomic E-state index is -3.73. The first-order valence-electron chi connectivity index (χ1n) is 10.1. The molecule has 5 N–H and O–H groups in total.